The van der Waals surface area contributed by atoms with E-state index in [1.165, 1.54) is 33.3 Å². The zero-order valence-corrected chi connectivity index (χ0v) is 18.9. The molecule has 5 heteroatoms. The Hall–Kier alpha value is -1.83. The number of benzene rings is 2. The van der Waals surface area contributed by atoms with E-state index in [0.29, 0.717) is 0 Å². The molecule has 0 aliphatic rings. The zero-order chi connectivity index (χ0) is 19.7. The number of aromatic nitrogens is 2. The smallest absolute Gasteiger partial charge is 0.212 e. The lowest BCUT2D eigenvalue weighted by Gasteiger charge is -2.11. The number of rotatable bonds is 5. The van der Waals surface area contributed by atoms with Crippen LogP contribution in [0.15, 0.2) is 67.0 Å². The van der Waals surface area contributed by atoms with Gasteiger partial charge in [0.05, 0.1) is 12.1 Å². The molecular weight excluding hydrogens is 479 g/mol. The fourth-order valence-electron chi connectivity index (χ4n) is 3.83. The Morgan fingerprint density at radius 2 is 1.82 bits per heavy atom. The molecule has 0 spiro atoms. The van der Waals surface area contributed by atoms with Gasteiger partial charge in [0.25, 0.3) is 0 Å². The third-order valence-corrected chi connectivity index (χ3v) is 6.96. The highest BCUT2D eigenvalue weighted by Crippen LogP contribution is 2.31. The van der Waals surface area contributed by atoms with E-state index in [1.807, 2.05) is 12.1 Å². The first kappa shape index (κ1) is 19.5. The summed E-state index contributed by atoms with van der Waals surface area (Å²) in [6, 6.07) is 19.0. The largest absolute Gasteiger partial charge is 0.392 e. The van der Waals surface area contributed by atoms with Gasteiger partial charge in [-0.3, -0.25) is 3.97 Å². The van der Waals surface area contributed by atoms with Crippen LogP contribution in [-0.2, 0) is 13.2 Å². The molecule has 2 aromatic carbocycles. The van der Waals surface area contributed by atoms with E-state index in [-0.39, 0.29) is 6.61 Å². The van der Waals surface area contributed by atoms with Crippen molar-refractivity contribution in [2.24, 2.45) is 0 Å². The fourth-order valence-corrected chi connectivity index (χ4v) is 5.23. The van der Waals surface area contributed by atoms with Crippen molar-refractivity contribution in [3.05, 3.63) is 89.2 Å². The van der Waals surface area contributed by atoms with Gasteiger partial charge < -0.3 is 5.11 Å². The normalized spacial score (nSPS) is 11.3. The molecule has 0 saturated carbocycles. The average molecular weight is 501 g/mol. The Bertz CT molecular complexity index is 1140. The second-order valence-corrected chi connectivity index (χ2v) is 8.74. The topological polar surface area (TPSA) is 29.0 Å². The first-order chi connectivity index (χ1) is 13.6. The van der Waals surface area contributed by atoms with Gasteiger partial charge in [0, 0.05) is 65.2 Å². The van der Waals surface area contributed by atoms with E-state index in [2.05, 4.69) is 98.5 Å². The van der Waals surface area contributed by atoms with Crippen LogP contribution < -0.4 is 4.57 Å². The van der Waals surface area contributed by atoms with Gasteiger partial charge in [0.2, 0.25) is 5.69 Å². The van der Waals surface area contributed by atoms with Gasteiger partial charge in [-0.2, -0.15) is 4.57 Å². The number of aliphatic hydroxyl groups is 1. The van der Waals surface area contributed by atoms with E-state index in [1.54, 1.807) is 9.12 Å². The molecule has 142 valence electrons. The maximum absolute atomic E-state index is 9.31. The number of halogens is 1. The lowest BCUT2D eigenvalue weighted by molar-refractivity contribution is -0.677. The Kier molecular flexibility index (Phi) is 5.75. The highest BCUT2D eigenvalue weighted by atomic mass is 127. The molecule has 28 heavy (non-hydrogen) atoms. The molecule has 0 bridgehead atoms. The van der Waals surface area contributed by atoms with E-state index in [0.717, 1.165) is 17.7 Å². The van der Waals surface area contributed by atoms with Crippen LogP contribution in [0.2, 0.25) is 0 Å². The van der Waals surface area contributed by atoms with E-state index < -0.39 is 0 Å². The maximum Gasteiger partial charge on any atom is 0.212 e. The summed E-state index contributed by atoms with van der Waals surface area (Å²) < 4.78 is 4.54. The molecule has 1 N–H and O–H groups in total. The number of aryl methyl sites for hydroxylation is 2. The predicted molar refractivity (Wildman–Crippen MR) is 126 cm³/mol. The Morgan fingerprint density at radius 1 is 1.04 bits per heavy atom. The van der Waals surface area contributed by atoms with Gasteiger partial charge in [-0.15, -0.1) is 0 Å². The highest BCUT2D eigenvalue weighted by molar-refractivity contribution is 14.2. The summed E-state index contributed by atoms with van der Waals surface area (Å²) in [5.74, 6) is 0. The third-order valence-electron chi connectivity index (χ3n) is 5.24. The summed E-state index contributed by atoms with van der Waals surface area (Å²) in [4.78, 5) is 0. The van der Waals surface area contributed by atoms with Crippen molar-refractivity contribution in [3.8, 4) is 11.3 Å². The number of hydrogen-bond donors (Lipinski definition) is 1. The molecule has 0 fully saturated rings. The molecule has 0 aliphatic heterocycles. The van der Waals surface area contributed by atoms with Crippen molar-refractivity contribution in [2.75, 3.05) is 0 Å². The van der Waals surface area contributed by atoms with Crippen LogP contribution in [0.4, 0.5) is 0 Å². The first-order valence-electron chi connectivity index (χ1n) is 9.20. The first-order valence-corrected chi connectivity index (χ1v) is 12.5. The number of pyridine rings is 1. The number of hydrogen-bond acceptors (Lipinski definition) is 2. The summed E-state index contributed by atoms with van der Waals surface area (Å²) in [6.45, 7) is 5.28. The minimum atomic E-state index is 0.0709. The van der Waals surface area contributed by atoms with Crippen LogP contribution in [0.3, 0.4) is 0 Å². The van der Waals surface area contributed by atoms with E-state index >= 15 is 0 Å². The molecule has 0 unspecified atom stereocenters. The molecule has 2 aromatic heterocycles. The summed E-state index contributed by atoms with van der Waals surface area (Å²) in [5, 5.41) is 10.6. The Morgan fingerprint density at radius 3 is 2.54 bits per heavy atom. The lowest BCUT2D eigenvalue weighted by atomic mass is 10.00. The Labute approximate surface area is 181 Å². The summed E-state index contributed by atoms with van der Waals surface area (Å²) in [7, 11) is 1.70. The van der Waals surface area contributed by atoms with Crippen molar-refractivity contribution in [2.45, 2.75) is 27.0 Å². The van der Waals surface area contributed by atoms with Crippen LogP contribution >= 0.6 is 30.3 Å². The number of nitrogens with zero attached hydrogens (tertiary/aromatic N) is 2. The van der Waals surface area contributed by atoms with Gasteiger partial charge in [-0.1, -0.05) is 18.2 Å². The summed E-state index contributed by atoms with van der Waals surface area (Å²) >= 11 is 2.33. The quantitative estimate of drug-likeness (QED) is 0.285. The molecule has 4 aromatic rings. The van der Waals surface area contributed by atoms with Gasteiger partial charge in [-0.25, -0.2) is 0 Å². The average Bonchev–Trinajstić information content (AvgIpc) is 3.16. The predicted octanol–water partition coefficient (Wildman–Crippen LogP) is 5.60. The zero-order valence-electron chi connectivity index (χ0n) is 15.9. The molecule has 0 amide bonds. The van der Waals surface area contributed by atoms with Crippen LogP contribution in [0, 0.1) is 13.8 Å². The summed E-state index contributed by atoms with van der Waals surface area (Å²) in [6.07, 6.45) is 4.30. The summed E-state index contributed by atoms with van der Waals surface area (Å²) in [5.41, 5.74) is 8.53. The van der Waals surface area contributed by atoms with Crippen molar-refractivity contribution in [1.82, 2.24) is 3.97 Å². The van der Waals surface area contributed by atoms with Crippen LogP contribution in [0.25, 0.3) is 22.2 Å². The molecule has 2 heterocycles. The fraction of sp³-hybridized carbons (Fsp3) is 0.174. The van der Waals surface area contributed by atoms with Crippen molar-refractivity contribution >= 4 is 41.2 Å². The van der Waals surface area contributed by atoms with E-state index in [9.17, 15) is 5.11 Å². The van der Waals surface area contributed by atoms with Crippen LogP contribution in [0.1, 0.15) is 22.3 Å². The van der Waals surface area contributed by atoms with Crippen molar-refractivity contribution in [1.29, 1.82) is 0 Å². The van der Waals surface area contributed by atoms with Crippen LogP contribution in [0.5, 0.6) is 0 Å². The van der Waals surface area contributed by atoms with Gasteiger partial charge >= 0.3 is 0 Å². The monoisotopic (exact) mass is 501 g/mol. The SMILES string of the molecule is Cc1cc(C)c2c(ccn2SI)c1C[n+]1ccccc1-c1ccc(CO)cc1. The minimum Gasteiger partial charge on any atom is -0.392 e. The molecule has 0 atom stereocenters. The van der Waals surface area contributed by atoms with Crippen molar-refractivity contribution in [3.63, 3.8) is 0 Å². The lowest BCUT2D eigenvalue weighted by Crippen LogP contribution is -2.36. The second kappa shape index (κ2) is 8.27. The molecule has 3 nitrogen and oxygen atoms in total. The molecule has 0 aliphatic carbocycles. The highest BCUT2D eigenvalue weighted by Gasteiger charge is 2.18. The van der Waals surface area contributed by atoms with Gasteiger partial charge in [0.1, 0.15) is 0 Å². The second-order valence-electron chi connectivity index (χ2n) is 7.03. The van der Waals surface area contributed by atoms with Gasteiger partial charge in [-0.05, 0) is 54.8 Å². The van der Waals surface area contributed by atoms with E-state index in [4.69, 9.17) is 0 Å². The number of aliphatic hydroxyl groups excluding tert-OH is 1. The van der Waals surface area contributed by atoms with Crippen molar-refractivity contribution < 1.29 is 9.67 Å². The molecule has 0 radical (unpaired) electrons. The maximum atomic E-state index is 9.31. The Balaban J connectivity index is 1.81. The molecular formula is C23H22IN2OS+. The molecule has 0 saturated heterocycles. The third kappa shape index (κ3) is 3.58. The minimum absolute atomic E-state index is 0.0709. The van der Waals surface area contributed by atoms with Crippen LogP contribution in [-0.4, -0.2) is 9.08 Å². The molecule has 4 rings (SSSR count). The van der Waals surface area contributed by atoms with Gasteiger partial charge in [0.15, 0.2) is 12.7 Å². The number of fused-ring (bicyclic) bond motifs is 1. The standard InChI is InChI=1S/C23H22IN2OS/c1-16-13-17(2)23-20(10-12-26(23)28-24)21(16)14-25-11-4-3-5-22(25)19-8-6-18(15-27)7-9-19/h3-13,27H,14-15H2,1-2H3/q+1.